The third-order valence-corrected chi connectivity index (χ3v) is 5.42. The number of anilines is 1. The molecule has 0 unspecified atom stereocenters. The molecule has 0 aliphatic carbocycles. The maximum absolute atomic E-state index is 13.8. The number of aromatic nitrogens is 4. The molecule has 0 bridgehead atoms. The van der Waals surface area contributed by atoms with Crippen molar-refractivity contribution >= 4 is 28.5 Å². The van der Waals surface area contributed by atoms with Crippen molar-refractivity contribution in [1.29, 1.82) is 0 Å². The highest BCUT2D eigenvalue weighted by Crippen LogP contribution is 2.30. The molecule has 0 aliphatic rings. The minimum Gasteiger partial charge on any atom is -0.497 e. The van der Waals surface area contributed by atoms with Crippen molar-refractivity contribution in [3.8, 4) is 5.75 Å². The molecule has 35 heavy (non-hydrogen) atoms. The van der Waals surface area contributed by atoms with E-state index in [1.807, 2.05) is 24.3 Å². The highest BCUT2D eigenvalue weighted by atomic mass is 16.5. The minimum atomic E-state index is -0.992. The van der Waals surface area contributed by atoms with Crippen LogP contribution in [0, 0.1) is 0 Å². The van der Waals surface area contributed by atoms with E-state index in [0.717, 1.165) is 5.52 Å². The molecular formula is C25H26N6O4. The van der Waals surface area contributed by atoms with Gasteiger partial charge in [0.15, 0.2) is 0 Å². The third-order valence-electron chi connectivity index (χ3n) is 5.42. The molecule has 2 amide bonds. The van der Waals surface area contributed by atoms with Gasteiger partial charge in [0, 0.05) is 19.9 Å². The normalized spacial score (nSPS) is 11.7. The molecular weight excluding hydrogens is 448 g/mol. The predicted octanol–water partition coefficient (Wildman–Crippen LogP) is 2.37. The number of carbonyl (C=O) groups is 2. The summed E-state index contributed by atoms with van der Waals surface area (Å²) in [6.45, 7) is 0.502. The average Bonchev–Trinajstić information content (AvgIpc) is 3.30. The van der Waals surface area contributed by atoms with Gasteiger partial charge in [-0.15, -0.1) is 5.10 Å². The topological polar surface area (TPSA) is 111 Å². The number of para-hydroxylation sites is 1. The summed E-state index contributed by atoms with van der Waals surface area (Å²) in [6.07, 6.45) is 3.16. The minimum absolute atomic E-state index is 0.124. The Hall–Kier alpha value is -4.31. The number of pyridine rings is 1. The molecule has 0 radical (unpaired) electrons. The van der Waals surface area contributed by atoms with Gasteiger partial charge in [-0.3, -0.25) is 19.5 Å². The number of benzene rings is 2. The second-order valence-electron chi connectivity index (χ2n) is 7.67. The number of hydrogen-bond acceptors (Lipinski definition) is 7. The van der Waals surface area contributed by atoms with E-state index in [-0.39, 0.29) is 18.4 Å². The number of hydrogen-bond donors (Lipinski definition) is 1. The number of rotatable bonds is 10. The van der Waals surface area contributed by atoms with E-state index in [1.165, 1.54) is 9.58 Å². The van der Waals surface area contributed by atoms with E-state index in [4.69, 9.17) is 9.47 Å². The number of fused-ring (bicyclic) bond motifs is 1. The highest BCUT2D eigenvalue weighted by Gasteiger charge is 2.33. The standard InChI is InChI=1S/C25H26N6O4/c1-34-14-13-27-25(33)24(18-7-5-9-20(15-18)35-2)31(19-8-6-12-26-16-19)23(32)17-30-22-11-4-3-10-21(22)28-29-30/h3-12,15-16,24H,13-14,17H2,1-2H3,(H,27,33)/t24-/m0/s1. The van der Waals surface area contributed by atoms with Crippen molar-refractivity contribution < 1.29 is 19.1 Å². The van der Waals surface area contributed by atoms with Crippen LogP contribution in [0.2, 0.25) is 0 Å². The smallest absolute Gasteiger partial charge is 0.249 e. The van der Waals surface area contributed by atoms with Crippen molar-refractivity contribution in [2.45, 2.75) is 12.6 Å². The van der Waals surface area contributed by atoms with Crippen molar-refractivity contribution in [3.05, 3.63) is 78.6 Å². The Morgan fingerprint density at radius 3 is 2.71 bits per heavy atom. The summed E-state index contributed by atoms with van der Waals surface area (Å²) in [5.41, 5.74) is 2.45. The first kappa shape index (κ1) is 23.8. The maximum Gasteiger partial charge on any atom is 0.249 e. The Balaban J connectivity index is 1.77. The van der Waals surface area contributed by atoms with Gasteiger partial charge < -0.3 is 14.8 Å². The molecule has 4 aromatic rings. The summed E-state index contributed by atoms with van der Waals surface area (Å²) in [5, 5.41) is 11.1. The van der Waals surface area contributed by atoms with Gasteiger partial charge in [0.2, 0.25) is 11.8 Å². The Morgan fingerprint density at radius 2 is 1.94 bits per heavy atom. The molecule has 180 valence electrons. The molecule has 10 nitrogen and oxygen atoms in total. The lowest BCUT2D eigenvalue weighted by molar-refractivity contribution is -0.127. The predicted molar refractivity (Wildman–Crippen MR) is 130 cm³/mol. The zero-order chi connectivity index (χ0) is 24.6. The first-order chi connectivity index (χ1) is 17.1. The molecule has 0 saturated heterocycles. The van der Waals surface area contributed by atoms with Gasteiger partial charge >= 0.3 is 0 Å². The van der Waals surface area contributed by atoms with Crippen LogP contribution in [0.25, 0.3) is 11.0 Å². The average molecular weight is 475 g/mol. The van der Waals surface area contributed by atoms with Crippen LogP contribution < -0.4 is 15.0 Å². The maximum atomic E-state index is 13.8. The summed E-state index contributed by atoms with van der Waals surface area (Å²) >= 11 is 0. The van der Waals surface area contributed by atoms with Crippen LogP contribution in [-0.2, 0) is 20.9 Å². The van der Waals surface area contributed by atoms with Gasteiger partial charge in [-0.25, -0.2) is 4.68 Å². The third kappa shape index (κ3) is 5.44. The Morgan fingerprint density at radius 1 is 1.09 bits per heavy atom. The van der Waals surface area contributed by atoms with Crippen molar-refractivity contribution in [2.24, 2.45) is 0 Å². The number of nitrogens with zero attached hydrogens (tertiary/aromatic N) is 5. The molecule has 2 heterocycles. The number of methoxy groups -OCH3 is 2. The van der Waals surface area contributed by atoms with Crippen LogP contribution in [0.5, 0.6) is 5.75 Å². The zero-order valence-corrected chi connectivity index (χ0v) is 19.5. The van der Waals surface area contributed by atoms with Gasteiger partial charge in [0.1, 0.15) is 23.9 Å². The number of amides is 2. The number of carbonyl (C=O) groups excluding carboxylic acids is 2. The van der Waals surface area contributed by atoms with Gasteiger partial charge in [0.25, 0.3) is 0 Å². The van der Waals surface area contributed by atoms with Crippen molar-refractivity contribution in [2.75, 3.05) is 32.3 Å². The molecule has 1 N–H and O–H groups in total. The number of ether oxygens (including phenoxy) is 2. The van der Waals surface area contributed by atoms with Gasteiger partial charge in [-0.1, -0.05) is 29.5 Å². The SMILES string of the molecule is COCCNC(=O)[C@H](c1cccc(OC)c1)N(C(=O)Cn1nnc2ccccc21)c1cccnc1. The molecule has 10 heteroatoms. The largest absolute Gasteiger partial charge is 0.497 e. The lowest BCUT2D eigenvalue weighted by Gasteiger charge is -2.31. The number of nitrogens with one attached hydrogen (secondary N) is 1. The Kier molecular flexibility index (Phi) is 7.63. The van der Waals surface area contributed by atoms with Gasteiger partial charge in [0.05, 0.1) is 31.1 Å². The van der Waals surface area contributed by atoms with Crippen LogP contribution >= 0.6 is 0 Å². The first-order valence-electron chi connectivity index (χ1n) is 11.0. The highest BCUT2D eigenvalue weighted by molar-refractivity contribution is 6.01. The molecule has 1 atom stereocenters. The summed E-state index contributed by atoms with van der Waals surface area (Å²) in [4.78, 5) is 32.9. The lowest BCUT2D eigenvalue weighted by Crippen LogP contribution is -2.46. The molecule has 0 spiro atoms. The van der Waals surface area contributed by atoms with Crippen LogP contribution in [0.1, 0.15) is 11.6 Å². The summed E-state index contributed by atoms with van der Waals surface area (Å²) < 4.78 is 12.0. The van der Waals surface area contributed by atoms with Crippen LogP contribution in [0.4, 0.5) is 5.69 Å². The van der Waals surface area contributed by atoms with Crippen LogP contribution in [0.15, 0.2) is 73.1 Å². The lowest BCUT2D eigenvalue weighted by atomic mass is 10.0. The van der Waals surface area contributed by atoms with Crippen molar-refractivity contribution in [1.82, 2.24) is 25.3 Å². The van der Waals surface area contributed by atoms with Gasteiger partial charge in [-0.2, -0.15) is 0 Å². The molecule has 2 aromatic heterocycles. The van der Waals surface area contributed by atoms with E-state index < -0.39 is 6.04 Å². The van der Waals surface area contributed by atoms with Crippen LogP contribution in [-0.4, -0.2) is 59.2 Å². The van der Waals surface area contributed by atoms with E-state index in [1.54, 1.807) is 63.0 Å². The van der Waals surface area contributed by atoms with E-state index in [2.05, 4.69) is 20.6 Å². The van der Waals surface area contributed by atoms with Crippen LogP contribution in [0.3, 0.4) is 0 Å². The fourth-order valence-corrected chi connectivity index (χ4v) is 3.77. The zero-order valence-electron chi connectivity index (χ0n) is 19.5. The molecule has 4 rings (SSSR count). The Bertz CT molecular complexity index is 1290. The quantitative estimate of drug-likeness (QED) is 0.351. The Labute approximate surface area is 202 Å². The monoisotopic (exact) mass is 474 g/mol. The molecule has 0 saturated carbocycles. The molecule has 2 aromatic carbocycles. The fourth-order valence-electron chi connectivity index (χ4n) is 3.77. The van der Waals surface area contributed by atoms with Crippen molar-refractivity contribution in [3.63, 3.8) is 0 Å². The van der Waals surface area contributed by atoms with E-state index in [0.29, 0.717) is 35.7 Å². The second kappa shape index (κ2) is 11.2. The molecule has 0 aliphatic heterocycles. The van der Waals surface area contributed by atoms with Gasteiger partial charge in [-0.05, 0) is 42.0 Å². The molecule has 0 fully saturated rings. The van der Waals surface area contributed by atoms with E-state index >= 15 is 0 Å². The summed E-state index contributed by atoms with van der Waals surface area (Å²) in [7, 11) is 3.10. The van der Waals surface area contributed by atoms with E-state index in [9.17, 15) is 9.59 Å². The first-order valence-corrected chi connectivity index (χ1v) is 11.0. The summed E-state index contributed by atoms with van der Waals surface area (Å²) in [5.74, 6) is -0.155. The fraction of sp³-hybridized carbons (Fsp3) is 0.240. The summed E-state index contributed by atoms with van der Waals surface area (Å²) in [6, 6.07) is 16.9. The second-order valence-corrected chi connectivity index (χ2v) is 7.67.